The minimum Gasteiger partial charge on any atom is -0.297 e. The average Bonchev–Trinajstić information content (AvgIpc) is 2.89. The Morgan fingerprint density at radius 3 is 2.76 bits per heavy atom. The van der Waals surface area contributed by atoms with Gasteiger partial charge in [0, 0.05) is 12.0 Å². The molecule has 110 valence electrons. The van der Waals surface area contributed by atoms with Gasteiger partial charge in [-0.2, -0.15) is 0 Å². The second-order valence-corrected chi connectivity index (χ2v) is 6.36. The molecule has 1 N–H and O–H groups in total. The molecule has 0 aliphatic heterocycles. The van der Waals surface area contributed by atoms with Crippen LogP contribution in [0.5, 0.6) is 0 Å². The second kappa shape index (κ2) is 7.02. The van der Waals surface area contributed by atoms with Crippen LogP contribution in [0, 0.1) is 0 Å². The molecule has 21 heavy (non-hydrogen) atoms. The molecule has 2 rings (SSSR count). The molecule has 0 aliphatic carbocycles. The number of nitrogens with zero attached hydrogens (tertiary/aromatic N) is 2. The predicted molar refractivity (Wildman–Crippen MR) is 88.1 cm³/mol. The van der Waals surface area contributed by atoms with Crippen LogP contribution in [0.2, 0.25) is 10.0 Å². The number of benzene rings is 1. The number of halogens is 2. The van der Waals surface area contributed by atoms with Crippen LogP contribution in [0.3, 0.4) is 0 Å². The van der Waals surface area contributed by atoms with Gasteiger partial charge in [0.2, 0.25) is 11.0 Å². The summed E-state index contributed by atoms with van der Waals surface area (Å²) >= 11 is 13.3. The number of nitrogens with one attached hydrogen (secondary N) is 1. The highest BCUT2D eigenvalue weighted by Gasteiger charge is 2.09. The number of anilines is 1. The smallest absolute Gasteiger partial charge is 0.250 e. The number of rotatable bonds is 4. The fourth-order valence-electron chi connectivity index (χ4n) is 1.48. The molecular weight excluding hydrogens is 329 g/mol. The summed E-state index contributed by atoms with van der Waals surface area (Å²) in [6.07, 6.45) is 2.99. The van der Waals surface area contributed by atoms with E-state index in [0.29, 0.717) is 20.7 Å². The molecule has 1 amide bonds. The standard InChI is InChI=1S/C14H13Cl2N3OS/c1-8(2)13-18-19-14(21-13)17-11(20)7-6-9-4-3-5-10(15)12(9)16/h3-8H,1-2H3,(H,17,19,20). The van der Waals surface area contributed by atoms with E-state index < -0.39 is 0 Å². The quantitative estimate of drug-likeness (QED) is 0.825. The Bertz CT molecular complexity index is 683. The SMILES string of the molecule is CC(C)c1nnc(NC(=O)C=Cc2cccc(Cl)c2Cl)s1. The third-order valence-electron chi connectivity index (χ3n) is 2.56. The van der Waals surface area contributed by atoms with E-state index in [1.54, 1.807) is 24.3 Å². The first-order valence-corrected chi connectivity index (χ1v) is 7.81. The zero-order chi connectivity index (χ0) is 15.4. The Morgan fingerprint density at radius 2 is 2.10 bits per heavy atom. The van der Waals surface area contributed by atoms with E-state index in [2.05, 4.69) is 15.5 Å². The van der Waals surface area contributed by atoms with Gasteiger partial charge in [-0.1, -0.05) is 60.5 Å². The summed E-state index contributed by atoms with van der Waals surface area (Å²) in [5.41, 5.74) is 0.680. The molecule has 0 spiro atoms. The van der Waals surface area contributed by atoms with Crippen molar-refractivity contribution in [1.82, 2.24) is 10.2 Å². The Labute approximate surface area is 136 Å². The Balaban J connectivity index is 2.04. The van der Waals surface area contributed by atoms with Gasteiger partial charge in [-0.05, 0) is 17.7 Å². The van der Waals surface area contributed by atoms with E-state index in [4.69, 9.17) is 23.2 Å². The van der Waals surface area contributed by atoms with E-state index in [9.17, 15) is 4.79 Å². The monoisotopic (exact) mass is 341 g/mol. The van der Waals surface area contributed by atoms with Crippen LogP contribution in [0.15, 0.2) is 24.3 Å². The summed E-state index contributed by atoms with van der Waals surface area (Å²) in [4.78, 5) is 11.8. The zero-order valence-electron chi connectivity index (χ0n) is 11.4. The van der Waals surface area contributed by atoms with Crippen molar-refractivity contribution < 1.29 is 4.79 Å². The summed E-state index contributed by atoms with van der Waals surface area (Å²) in [7, 11) is 0. The fourth-order valence-corrected chi connectivity index (χ4v) is 2.60. The largest absolute Gasteiger partial charge is 0.297 e. The lowest BCUT2D eigenvalue weighted by atomic mass is 10.2. The molecule has 0 bridgehead atoms. The first kappa shape index (κ1) is 15.9. The van der Waals surface area contributed by atoms with E-state index in [0.717, 1.165) is 5.01 Å². The van der Waals surface area contributed by atoms with Crippen molar-refractivity contribution in [2.75, 3.05) is 5.32 Å². The summed E-state index contributed by atoms with van der Waals surface area (Å²) in [5.74, 6) is -0.00791. The maximum atomic E-state index is 11.8. The molecule has 1 heterocycles. The molecule has 1 aromatic carbocycles. The van der Waals surface area contributed by atoms with Gasteiger partial charge in [-0.25, -0.2) is 0 Å². The maximum Gasteiger partial charge on any atom is 0.250 e. The molecule has 1 aromatic heterocycles. The van der Waals surface area contributed by atoms with Gasteiger partial charge in [-0.15, -0.1) is 10.2 Å². The summed E-state index contributed by atoms with van der Waals surface area (Å²) in [5, 5.41) is 12.8. The number of hydrogen-bond donors (Lipinski definition) is 1. The van der Waals surface area contributed by atoms with Crippen molar-refractivity contribution in [2.45, 2.75) is 19.8 Å². The van der Waals surface area contributed by atoms with Gasteiger partial charge in [0.05, 0.1) is 10.0 Å². The van der Waals surface area contributed by atoms with Crippen molar-refractivity contribution in [3.63, 3.8) is 0 Å². The van der Waals surface area contributed by atoms with Crippen LogP contribution in [0.1, 0.15) is 30.3 Å². The Morgan fingerprint density at radius 1 is 1.33 bits per heavy atom. The van der Waals surface area contributed by atoms with Crippen LogP contribution in [0.25, 0.3) is 6.08 Å². The molecule has 0 saturated heterocycles. The van der Waals surface area contributed by atoms with E-state index in [-0.39, 0.29) is 11.8 Å². The molecule has 7 heteroatoms. The van der Waals surface area contributed by atoms with Crippen LogP contribution >= 0.6 is 34.5 Å². The summed E-state index contributed by atoms with van der Waals surface area (Å²) in [6.45, 7) is 4.04. The van der Waals surface area contributed by atoms with Gasteiger partial charge < -0.3 is 0 Å². The lowest BCUT2D eigenvalue weighted by Crippen LogP contribution is -2.07. The van der Waals surface area contributed by atoms with Crippen molar-refractivity contribution in [3.05, 3.63) is 44.9 Å². The van der Waals surface area contributed by atoms with Gasteiger partial charge >= 0.3 is 0 Å². The zero-order valence-corrected chi connectivity index (χ0v) is 13.8. The average molecular weight is 342 g/mol. The summed E-state index contributed by atoms with van der Waals surface area (Å²) in [6, 6.07) is 5.24. The highest BCUT2D eigenvalue weighted by Crippen LogP contribution is 2.26. The molecular formula is C14H13Cl2N3OS. The Kier molecular flexibility index (Phi) is 5.33. The first-order valence-electron chi connectivity index (χ1n) is 6.24. The highest BCUT2D eigenvalue weighted by atomic mass is 35.5. The third-order valence-corrected chi connectivity index (χ3v) is 4.53. The molecule has 0 radical (unpaired) electrons. The topological polar surface area (TPSA) is 54.9 Å². The van der Waals surface area contributed by atoms with Crippen LogP contribution in [-0.2, 0) is 4.79 Å². The summed E-state index contributed by atoms with van der Waals surface area (Å²) < 4.78 is 0. The molecule has 4 nitrogen and oxygen atoms in total. The number of amides is 1. The van der Waals surface area contributed by atoms with E-state index in [1.807, 2.05) is 13.8 Å². The van der Waals surface area contributed by atoms with Gasteiger partial charge in [0.15, 0.2) is 0 Å². The minimum atomic E-state index is -0.294. The normalized spacial score (nSPS) is 11.3. The molecule has 2 aromatic rings. The van der Waals surface area contributed by atoms with Crippen molar-refractivity contribution in [3.8, 4) is 0 Å². The van der Waals surface area contributed by atoms with Crippen molar-refractivity contribution in [1.29, 1.82) is 0 Å². The van der Waals surface area contributed by atoms with Crippen molar-refractivity contribution >= 4 is 51.7 Å². The molecule has 0 unspecified atom stereocenters. The fraction of sp³-hybridized carbons (Fsp3) is 0.214. The van der Waals surface area contributed by atoms with Crippen LogP contribution in [-0.4, -0.2) is 16.1 Å². The third kappa shape index (κ3) is 4.27. The lowest BCUT2D eigenvalue weighted by Gasteiger charge is -2.00. The lowest BCUT2D eigenvalue weighted by molar-refractivity contribution is -0.111. The second-order valence-electron chi connectivity index (χ2n) is 4.57. The van der Waals surface area contributed by atoms with Gasteiger partial charge in [0.25, 0.3) is 0 Å². The maximum absolute atomic E-state index is 11.8. The minimum absolute atomic E-state index is 0.286. The number of hydrogen-bond acceptors (Lipinski definition) is 4. The highest BCUT2D eigenvalue weighted by molar-refractivity contribution is 7.15. The number of carbonyl (C=O) groups excluding carboxylic acids is 1. The van der Waals surface area contributed by atoms with Gasteiger partial charge in [0.1, 0.15) is 5.01 Å². The number of carbonyl (C=O) groups is 1. The molecule has 0 saturated carbocycles. The molecule has 0 aliphatic rings. The Hall–Kier alpha value is -1.43. The first-order chi connectivity index (χ1) is 9.97. The van der Waals surface area contributed by atoms with Crippen LogP contribution < -0.4 is 5.32 Å². The van der Waals surface area contributed by atoms with Crippen LogP contribution in [0.4, 0.5) is 5.13 Å². The van der Waals surface area contributed by atoms with E-state index in [1.165, 1.54) is 17.4 Å². The molecule has 0 fully saturated rings. The molecule has 0 atom stereocenters. The van der Waals surface area contributed by atoms with Gasteiger partial charge in [-0.3, -0.25) is 10.1 Å². The number of aromatic nitrogens is 2. The van der Waals surface area contributed by atoms with E-state index >= 15 is 0 Å². The van der Waals surface area contributed by atoms with Crippen molar-refractivity contribution in [2.24, 2.45) is 0 Å². The predicted octanol–water partition coefficient (Wildman–Crippen LogP) is 4.62.